The summed E-state index contributed by atoms with van der Waals surface area (Å²) >= 11 is 5.70. The molecule has 4 aliphatic rings. The molecule has 4 bridgehead atoms. The third-order valence-corrected chi connectivity index (χ3v) is 6.11. The van der Waals surface area contributed by atoms with Crippen molar-refractivity contribution >= 4 is 23.4 Å². The molecule has 2 amide bonds. The summed E-state index contributed by atoms with van der Waals surface area (Å²) < 4.78 is 0. The van der Waals surface area contributed by atoms with E-state index in [-0.39, 0.29) is 28.8 Å². The molecule has 4 aliphatic carbocycles. The van der Waals surface area contributed by atoms with E-state index in [1.807, 2.05) is 6.07 Å². The Kier molecular flexibility index (Phi) is 3.79. The summed E-state index contributed by atoms with van der Waals surface area (Å²) in [6, 6.07) is 5.36. The van der Waals surface area contributed by atoms with Crippen LogP contribution in [0, 0.1) is 11.8 Å². The van der Waals surface area contributed by atoms with Crippen LogP contribution in [0.15, 0.2) is 24.4 Å². The molecule has 128 valence electrons. The highest BCUT2D eigenvalue weighted by Gasteiger charge is 2.58. The maximum Gasteiger partial charge on any atom is 0.270 e. The number of carbonyl (C=O) groups excluding carboxylic acids is 2. The van der Waals surface area contributed by atoms with Crippen LogP contribution in [0.4, 0.5) is 0 Å². The van der Waals surface area contributed by atoms with Crippen LogP contribution in [0.1, 0.15) is 49.0 Å². The van der Waals surface area contributed by atoms with E-state index in [2.05, 4.69) is 15.6 Å². The summed E-state index contributed by atoms with van der Waals surface area (Å²) in [7, 11) is 0. The van der Waals surface area contributed by atoms with Gasteiger partial charge in [-0.1, -0.05) is 6.07 Å². The van der Waals surface area contributed by atoms with Crippen LogP contribution in [-0.2, 0) is 4.79 Å². The molecule has 0 spiro atoms. The number of aromatic nitrogens is 1. The van der Waals surface area contributed by atoms with Crippen LogP contribution in [0.25, 0.3) is 0 Å². The second kappa shape index (κ2) is 5.73. The number of nitrogens with one attached hydrogen (secondary N) is 2. The number of rotatable bonds is 4. The fraction of sp³-hybridized carbons (Fsp3) is 0.611. The van der Waals surface area contributed by atoms with Gasteiger partial charge >= 0.3 is 0 Å². The Hall–Kier alpha value is -1.62. The lowest BCUT2D eigenvalue weighted by atomic mass is 9.50. The summed E-state index contributed by atoms with van der Waals surface area (Å²) in [6.45, 7) is 0. The van der Waals surface area contributed by atoms with E-state index in [0.29, 0.717) is 17.5 Å². The van der Waals surface area contributed by atoms with Crippen molar-refractivity contribution in [3.63, 3.8) is 0 Å². The molecule has 2 N–H and O–H groups in total. The summed E-state index contributed by atoms with van der Waals surface area (Å²) in [4.78, 5) is 28.7. The van der Waals surface area contributed by atoms with Gasteiger partial charge in [0.25, 0.3) is 5.91 Å². The molecule has 6 heteroatoms. The SMILES string of the molecule is O=C(CCl)NC12CC3CC(C1)CC(NC(=O)c1ccccn1)(C3)C2. The van der Waals surface area contributed by atoms with Crippen molar-refractivity contribution in [2.45, 2.75) is 49.6 Å². The van der Waals surface area contributed by atoms with Crippen molar-refractivity contribution in [3.05, 3.63) is 30.1 Å². The van der Waals surface area contributed by atoms with E-state index in [9.17, 15) is 9.59 Å². The van der Waals surface area contributed by atoms with Gasteiger partial charge in [0, 0.05) is 17.3 Å². The summed E-state index contributed by atoms with van der Waals surface area (Å²) in [5, 5.41) is 6.45. The van der Waals surface area contributed by atoms with Crippen LogP contribution >= 0.6 is 11.6 Å². The van der Waals surface area contributed by atoms with Crippen molar-refractivity contribution in [1.29, 1.82) is 0 Å². The third kappa shape index (κ3) is 2.79. The molecule has 0 aliphatic heterocycles. The predicted octanol–water partition coefficient (Wildman–Crippen LogP) is 2.26. The Bertz CT molecular complexity index is 649. The van der Waals surface area contributed by atoms with Gasteiger partial charge in [-0.15, -0.1) is 11.6 Å². The highest BCUT2D eigenvalue weighted by Crippen LogP contribution is 2.57. The second-order valence-corrected chi connectivity index (χ2v) is 8.14. The molecule has 24 heavy (non-hydrogen) atoms. The zero-order valence-electron chi connectivity index (χ0n) is 13.6. The maximum atomic E-state index is 12.6. The molecule has 2 atom stereocenters. The van der Waals surface area contributed by atoms with Crippen LogP contribution in [-0.4, -0.2) is 33.8 Å². The van der Waals surface area contributed by atoms with Crippen LogP contribution in [0.5, 0.6) is 0 Å². The Morgan fingerprint density at radius 3 is 2.38 bits per heavy atom. The minimum atomic E-state index is -0.224. The van der Waals surface area contributed by atoms with Gasteiger partial charge in [-0.25, -0.2) is 0 Å². The average molecular weight is 348 g/mol. The number of hydrogen-bond donors (Lipinski definition) is 2. The van der Waals surface area contributed by atoms with E-state index >= 15 is 0 Å². The molecule has 1 aromatic heterocycles. The summed E-state index contributed by atoms with van der Waals surface area (Å²) in [6.07, 6.45) is 7.66. The number of hydrogen-bond acceptors (Lipinski definition) is 3. The number of carbonyl (C=O) groups is 2. The monoisotopic (exact) mass is 347 g/mol. The molecule has 1 aromatic rings. The quantitative estimate of drug-likeness (QED) is 0.821. The van der Waals surface area contributed by atoms with E-state index < -0.39 is 0 Å². The molecule has 1 heterocycles. The molecule has 4 saturated carbocycles. The van der Waals surface area contributed by atoms with Crippen LogP contribution in [0.2, 0.25) is 0 Å². The number of alkyl halides is 1. The highest BCUT2D eigenvalue weighted by atomic mass is 35.5. The van der Waals surface area contributed by atoms with Crippen molar-refractivity contribution in [2.75, 3.05) is 5.88 Å². The Morgan fingerprint density at radius 1 is 1.12 bits per heavy atom. The second-order valence-electron chi connectivity index (χ2n) is 7.87. The minimum Gasteiger partial charge on any atom is -0.350 e. The van der Waals surface area contributed by atoms with Gasteiger partial charge in [0.1, 0.15) is 11.6 Å². The molecule has 2 unspecified atom stereocenters. The summed E-state index contributed by atoms with van der Waals surface area (Å²) in [5.41, 5.74) is 0.0261. The lowest BCUT2D eigenvalue weighted by Crippen LogP contribution is -2.70. The van der Waals surface area contributed by atoms with E-state index in [4.69, 9.17) is 11.6 Å². The standard InChI is InChI=1S/C18H22ClN3O2/c19-10-15(23)21-17-6-12-5-13(7-17)9-18(8-12,11-17)22-16(24)14-3-1-2-4-20-14/h1-4,12-13H,5-11H2,(H,21,23)(H,22,24). The minimum absolute atomic E-state index is 0.00955. The lowest BCUT2D eigenvalue weighted by Gasteiger charge is -2.62. The van der Waals surface area contributed by atoms with Gasteiger partial charge in [0.2, 0.25) is 5.91 Å². The topological polar surface area (TPSA) is 71.1 Å². The molecular weight excluding hydrogens is 326 g/mol. The Morgan fingerprint density at radius 2 is 1.79 bits per heavy atom. The fourth-order valence-corrected chi connectivity index (χ4v) is 5.75. The fourth-order valence-electron chi connectivity index (χ4n) is 5.69. The van der Waals surface area contributed by atoms with Gasteiger partial charge in [-0.05, 0) is 62.5 Å². The van der Waals surface area contributed by atoms with E-state index in [1.54, 1.807) is 18.3 Å². The highest BCUT2D eigenvalue weighted by molar-refractivity contribution is 6.27. The Balaban J connectivity index is 1.56. The number of amides is 2. The number of nitrogens with zero attached hydrogens (tertiary/aromatic N) is 1. The zero-order valence-corrected chi connectivity index (χ0v) is 14.3. The first-order valence-corrected chi connectivity index (χ1v) is 9.15. The molecule has 0 radical (unpaired) electrons. The van der Waals surface area contributed by atoms with Crippen LogP contribution < -0.4 is 10.6 Å². The zero-order chi connectivity index (χ0) is 16.8. The van der Waals surface area contributed by atoms with E-state index in [0.717, 1.165) is 32.1 Å². The average Bonchev–Trinajstić information content (AvgIpc) is 2.53. The van der Waals surface area contributed by atoms with Gasteiger partial charge in [0.15, 0.2) is 0 Å². The molecule has 5 nitrogen and oxygen atoms in total. The first kappa shape index (κ1) is 15.9. The van der Waals surface area contributed by atoms with Gasteiger partial charge in [-0.2, -0.15) is 0 Å². The molecule has 5 rings (SSSR count). The van der Waals surface area contributed by atoms with Gasteiger partial charge < -0.3 is 10.6 Å². The largest absolute Gasteiger partial charge is 0.350 e. The molecule has 0 aromatic carbocycles. The molecule has 0 saturated heterocycles. The van der Waals surface area contributed by atoms with Crippen molar-refractivity contribution in [3.8, 4) is 0 Å². The normalized spacial score (nSPS) is 36.4. The number of pyridine rings is 1. The first-order chi connectivity index (χ1) is 11.5. The number of halogens is 1. The maximum absolute atomic E-state index is 12.6. The summed E-state index contributed by atoms with van der Waals surface area (Å²) in [5.74, 6) is 0.891. The third-order valence-electron chi connectivity index (χ3n) is 5.86. The Labute approximate surface area is 146 Å². The van der Waals surface area contributed by atoms with Crippen molar-refractivity contribution in [2.24, 2.45) is 11.8 Å². The van der Waals surface area contributed by atoms with E-state index in [1.165, 1.54) is 6.42 Å². The first-order valence-electron chi connectivity index (χ1n) is 8.62. The van der Waals surface area contributed by atoms with Gasteiger partial charge in [0.05, 0.1) is 0 Å². The van der Waals surface area contributed by atoms with Gasteiger partial charge in [-0.3, -0.25) is 14.6 Å². The van der Waals surface area contributed by atoms with Crippen molar-refractivity contribution < 1.29 is 9.59 Å². The molecule has 4 fully saturated rings. The van der Waals surface area contributed by atoms with Crippen molar-refractivity contribution in [1.82, 2.24) is 15.6 Å². The predicted molar refractivity (Wildman–Crippen MR) is 90.7 cm³/mol. The lowest BCUT2D eigenvalue weighted by molar-refractivity contribution is -0.125. The van der Waals surface area contributed by atoms with Crippen LogP contribution in [0.3, 0.4) is 0 Å². The molecular formula is C18H22ClN3O2. The smallest absolute Gasteiger partial charge is 0.270 e.